The molecule has 0 saturated heterocycles. The highest BCUT2D eigenvalue weighted by molar-refractivity contribution is 5.95. The highest BCUT2D eigenvalue weighted by Gasteiger charge is 2.06. The van der Waals surface area contributed by atoms with Crippen LogP contribution in [0.15, 0.2) is 78.9 Å². The molecule has 0 bridgehead atoms. The average Bonchev–Trinajstić information content (AvgIpc) is 2.62. The number of carbonyl (C=O) groups is 1. The van der Waals surface area contributed by atoms with Crippen LogP contribution in [0.25, 0.3) is 16.5 Å². The molecule has 0 atom stereocenters. The fraction of sp³-hybridized carbons (Fsp3) is 0.0952. The van der Waals surface area contributed by atoms with E-state index in [4.69, 9.17) is 4.74 Å². The highest BCUT2D eigenvalue weighted by atomic mass is 16.5. The number of hydrogen-bond donors (Lipinski definition) is 1. The Morgan fingerprint density at radius 1 is 0.958 bits per heavy atom. The van der Waals surface area contributed by atoms with E-state index in [1.165, 1.54) is 11.5 Å². The number of carbonyl (C=O) groups excluding carboxylic acids is 1. The third kappa shape index (κ3) is 3.82. The number of fused-ring (bicyclic) bond motifs is 1. The van der Waals surface area contributed by atoms with Gasteiger partial charge >= 0.3 is 5.97 Å². The van der Waals surface area contributed by atoms with Crippen molar-refractivity contribution >= 4 is 28.1 Å². The second kappa shape index (κ2) is 7.47. The zero-order valence-electron chi connectivity index (χ0n) is 13.5. The minimum Gasteiger partial charge on any atom is -0.463 e. The van der Waals surface area contributed by atoms with Crippen LogP contribution in [0.4, 0.5) is 5.69 Å². The maximum Gasteiger partial charge on any atom is 0.332 e. The van der Waals surface area contributed by atoms with Crippen LogP contribution in [0.3, 0.4) is 0 Å². The summed E-state index contributed by atoms with van der Waals surface area (Å²) < 4.78 is 5.05. The molecule has 120 valence electrons. The van der Waals surface area contributed by atoms with Crippen LogP contribution in [0, 0.1) is 0 Å². The Hall–Kier alpha value is -3.07. The van der Waals surface area contributed by atoms with Crippen molar-refractivity contribution in [1.82, 2.24) is 0 Å². The summed E-state index contributed by atoms with van der Waals surface area (Å²) in [5, 5.41) is 5.66. The molecule has 3 nitrogen and oxygen atoms in total. The second-order valence-corrected chi connectivity index (χ2v) is 5.36. The molecule has 1 N–H and O–H groups in total. The van der Waals surface area contributed by atoms with Gasteiger partial charge in [0.15, 0.2) is 0 Å². The van der Waals surface area contributed by atoms with E-state index in [2.05, 4.69) is 29.6 Å². The Labute approximate surface area is 141 Å². The number of benzene rings is 3. The molecule has 0 spiro atoms. The topological polar surface area (TPSA) is 38.3 Å². The molecule has 0 heterocycles. The fourth-order valence-corrected chi connectivity index (χ4v) is 2.53. The molecule has 0 aliphatic carbocycles. The van der Waals surface area contributed by atoms with Gasteiger partial charge in [-0.05, 0) is 35.4 Å². The molecule has 0 radical (unpaired) electrons. The van der Waals surface area contributed by atoms with Gasteiger partial charge in [0.2, 0.25) is 0 Å². The van der Waals surface area contributed by atoms with Gasteiger partial charge in [0.05, 0.1) is 12.3 Å². The quantitative estimate of drug-likeness (QED) is 0.539. The maximum absolute atomic E-state index is 11.9. The monoisotopic (exact) mass is 317 g/mol. The predicted molar refractivity (Wildman–Crippen MR) is 98.6 cm³/mol. The zero-order valence-corrected chi connectivity index (χ0v) is 13.5. The van der Waals surface area contributed by atoms with Crippen LogP contribution in [0.1, 0.15) is 12.5 Å². The Morgan fingerprint density at radius 2 is 1.67 bits per heavy atom. The standard InChI is InChI=1S/C21H19NO2/c1-2-24-21(23)15-20(17-9-4-3-5-10-17)22-19-13-12-16-8-6-7-11-18(16)14-19/h3-15,22H,2H2,1H3/b20-15+. The van der Waals surface area contributed by atoms with E-state index in [1.54, 1.807) is 6.92 Å². The number of rotatable bonds is 5. The lowest BCUT2D eigenvalue weighted by molar-refractivity contribution is -0.137. The van der Waals surface area contributed by atoms with Crippen molar-refractivity contribution in [2.75, 3.05) is 11.9 Å². The predicted octanol–water partition coefficient (Wildman–Crippen LogP) is 4.86. The summed E-state index contributed by atoms with van der Waals surface area (Å²) in [6.45, 7) is 2.15. The summed E-state index contributed by atoms with van der Waals surface area (Å²) in [5.74, 6) is -0.357. The number of esters is 1. The summed E-state index contributed by atoms with van der Waals surface area (Å²) in [6.07, 6.45) is 1.49. The van der Waals surface area contributed by atoms with E-state index in [-0.39, 0.29) is 5.97 Å². The Balaban J connectivity index is 1.94. The number of anilines is 1. The smallest absolute Gasteiger partial charge is 0.332 e. The molecule has 3 rings (SSSR count). The van der Waals surface area contributed by atoms with Gasteiger partial charge in [-0.2, -0.15) is 0 Å². The number of ether oxygens (including phenoxy) is 1. The van der Waals surface area contributed by atoms with E-state index < -0.39 is 0 Å². The van der Waals surface area contributed by atoms with Crippen molar-refractivity contribution in [1.29, 1.82) is 0 Å². The first-order valence-corrected chi connectivity index (χ1v) is 7.96. The molecule has 0 unspecified atom stereocenters. The van der Waals surface area contributed by atoms with Gasteiger partial charge in [-0.1, -0.05) is 60.7 Å². The van der Waals surface area contributed by atoms with Gasteiger partial charge in [-0.15, -0.1) is 0 Å². The van der Waals surface area contributed by atoms with Gasteiger partial charge in [-0.3, -0.25) is 0 Å². The third-order valence-electron chi connectivity index (χ3n) is 3.66. The van der Waals surface area contributed by atoms with Crippen LogP contribution in [0.2, 0.25) is 0 Å². The van der Waals surface area contributed by atoms with Crippen molar-refractivity contribution in [3.05, 3.63) is 84.4 Å². The molecule has 0 saturated carbocycles. The van der Waals surface area contributed by atoms with Crippen molar-refractivity contribution in [2.45, 2.75) is 6.92 Å². The first-order valence-electron chi connectivity index (χ1n) is 7.96. The Bertz CT molecular complexity index is 869. The molecule has 3 aromatic carbocycles. The summed E-state index contributed by atoms with van der Waals surface area (Å²) >= 11 is 0. The van der Waals surface area contributed by atoms with Crippen molar-refractivity contribution in [2.24, 2.45) is 0 Å². The van der Waals surface area contributed by atoms with E-state index in [0.29, 0.717) is 12.3 Å². The van der Waals surface area contributed by atoms with Crippen LogP contribution in [-0.2, 0) is 9.53 Å². The second-order valence-electron chi connectivity index (χ2n) is 5.36. The zero-order chi connectivity index (χ0) is 16.8. The van der Waals surface area contributed by atoms with Crippen LogP contribution in [0.5, 0.6) is 0 Å². The van der Waals surface area contributed by atoms with E-state index >= 15 is 0 Å². The van der Waals surface area contributed by atoms with Crippen molar-refractivity contribution < 1.29 is 9.53 Å². The van der Waals surface area contributed by atoms with Gasteiger partial charge in [0, 0.05) is 11.8 Å². The van der Waals surface area contributed by atoms with E-state index in [0.717, 1.165) is 16.6 Å². The van der Waals surface area contributed by atoms with Gasteiger partial charge in [0.1, 0.15) is 0 Å². The molecule has 3 heteroatoms. The minimum atomic E-state index is -0.357. The normalized spacial score (nSPS) is 11.3. The summed E-state index contributed by atoms with van der Waals surface area (Å²) in [5.41, 5.74) is 2.57. The first-order chi connectivity index (χ1) is 11.8. The third-order valence-corrected chi connectivity index (χ3v) is 3.66. The van der Waals surface area contributed by atoms with E-state index in [1.807, 2.05) is 48.5 Å². The fourth-order valence-electron chi connectivity index (χ4n) is 2.53. The minimum absolute atomic E-state index is 0.355. The van der Waals surface area contributed by atoms with Gasteiger partial charge in [-0.25, -0.2) is 4.79 Å². The van der Waals surface area contributed by atoms with Gasteiger partial charge < -0.3 is 10.1 Å². The molecule has 0 fully saturated rings. The van der Waals surface area contributed by atoms with Crippen LogP contribution < -0.4 is 5.32 Å². The summed E-state index contributed by atoms with van der Waals surface area (Å²) in [7, 11) is 0. The summed E-state index contributed by atoms with van der Waals surface area (Å²) in [6, 6.07) is 24.0. The lowest BCUT2D eigenvalue weighted by Crippen LogP contribution is -2.05. The van der Waals surface area contributed by atoms with Crippen LogP contribution in [-0.4, -0.2) is 12.6 Å². The molecular weight excluding hydrogens is 298 g/mol. The Morgan fingerprint density at radius 3 is 2.42 bits per heavy atom. The maximum atomic E-state index is 11.9. The van der Waals surface area contributed by atoms with E-state index in [9.17, 15) is 4.79 Å². The number of hydrogen-bond acceptors (Lipinski definition) is 3. The Kier molecular flexibility index (Phi) is 4.92. The van der Waals surface area contributed by atoms with Crippen molar-refractivity contribution in [3.8, 4) is 0 Å². The largest absolute Gasteiger partial charge is 0.463 e. The number of nitrogens with one attached hydrogen (secondary N) is 1. The lowest BCUT2D eigenvalue weighted by Gasteiger charge is -2.12. The van der Waals surface area contributed by atoms with Gasteiger partial charge in [0.25, 0.3) is 0 Å². The molecule has 24 heavy (non-hydrogen) atoms. The first kappa shape index (κ1) is 15.8. The molecular formula is C21H19NO2. The molecule has 3 aromatic rings. The summed E-state index contributed by atoms with van der Waals surface area (Å²) in [4.78, 5) is 11.9. The van der Waals surface area contributed by atoms with Crippen LogP contribution >= 0.6 is 0 Å². The molecule has 0 aliphatic rings. The highest BCUT2D eigenvalue weighted by Crippen LogP contribution is 2.23. The van der Waals surface area contributed by atoms with Crippen molar-refractivity contribution in [3.63, 3.8) is 0 Å². The molecule has 0 aromatic heterocycles. The molecule has 0 amide bonds. The average molecular weight is 317 g/mol. The SMILES string of the molecule is CCOC(=O)/C=C(/Nc1ccc2ccccc2c1)c1ccccc1. The molecule has 0 aliphatic heterocycles. The lowest BCUT2D eigenvalue weighted by atomic mass is 10.1.